The van der Waals surface area contributed by atoms with Gasteiger partial charge in [0.05, 0.1) is 47.8 Å². The van der Waals surface area contributed by atoms with E-state index in [0.717, 1.165) is 38.9 Å². The minimum absolute atomic E-state index is 0. The molecular formula is C83H99ClF6N12O12. The van der Waals surface area contributed by atoms with Gasteiger partial charge >= 0.3 is 12.4 Å². The number of nitrogens with zero attached hydrogens (tertiary/aromatic N) is 9. The highest BCUT2D eigenvalue weighted by atomic mass is 35.5. The number of benzene rings is 4. The molecule has 4 aromatic carbocycles. The van der Waals surface area contributed by atoms with Crippen molar-refractivity contribution in [2.75, 3.05) is 78.7 Å². The van der Waals surface area contributed by atoms with Gasteiger partial charge in [-0.05, 0) is 128 Å². The summed E-state index contributed by atoms with van der Waals surface area (Å²) in [5, 5.41) is 41.3. The van der Waals surface area contributed by atoms with Gasteiger partial charge in [-0.3, -0.25) is 48.7 Å². The number of oxazole rings is 2. The highest BCUT2D eigenvalue weighted by Crippen LogP contribution is 2.48. The molecule has 0 radical (unpaired) electrons. The van der Waals surface area contributed by atoms with Gasteiger partial charge < -0.3 is 59.2 Å². The molecule has 3 fully saturated rings. The van der Waals surface area contributed by atoms with Gasteiger partial charge in [-0.1, -0.05) is 97.1 Å². The van der Waals surface area contributed by atoms with Crippen LogP contribution in [0.5, 0.6) is 11.5 Å². The number of β-amino-alcohol motifs (C(OH)–C–C–N with tert-alkyl or cyclic N) is 2. The van der Waals surface area contributed by atoms with Gasteiger partial charge in [-0.2, -0.15) is 26.3 Å². The van der Waals surface area contributed by atoms with Gasteiger partial charge in [0.15, 0.2) is 11.5 Å². The fourth-order valence-corrected chi connectivity index (χ4v) is 15.8. The predicted molar refractivity (Wildman–Crippen MR) is 412 cm³/mol. The number of aryl methyl sites for hydroxylation is 2. The van der Waals surface area contributed by atoms with Gasteiger partial charge in [0.25, 0.3) is 0 Å². The molecule has 0 saturated carbocycles. The molecule has 13 rings (SSSR count). The van der Waals surface area contributed by atoms with E-state index in [-0.39, 0.29) is 96.0 Å². The quantitative estimate of drug-likeness (QED) is 0.0290. The molecule has 10 atom stereocenters. The first-order valence-corrected chi connectivity index (χ1v) is 38.0. The van der Waals surface area contributed by atoms with E-state index in [1.54, 1.807) is 76.1 Å². The molecular weight excluding hydrogens is 1510 g/mol. The van der Waals surface area contributed by atoms with E-state index in [0.29, 0.717) is 59.9 Å². The van der Waals surface area contributed by atoms with Gasteiger partial charge in [-0.15, -0.1) is 12.4 Å². The number of ether oxygens (including phenoxy) is 3. The van der Waals surface area contributed by atoms with Crippen molar-refractivity contribution in [1.29, 1.82) is 0 Å². The molecule has 0 aliphatic carbocycles. The van der Waals surface area contributed by atoms with Gasteiger partial charge in [-0.25, -0.2) is 9.97 Å². The molecule has 31 heteroatoms. The number of hydrogen-bond donors (Lipinski definition) is 6. The number of halogens is 7. The summed E-state index contributed by atoms with van der Waals surface area (Å²) in [4.78, 5) is 82.5. The molecule has 0 spiro atoms. The second kappa shape index (κ2) is 36.2. The van der Waals surface area contributed by atoms with E-state index in [9.17, 15) is 60.8 Å². The van der Waals surface area contributed by atoms with Crippen LogP contribution >= 0.6 is 12.4 Å². The summed E-state index contributed by atoms with van der Waals surface area (Å²) in [6, 6.07) is 34.1. The number of fused-ring (bicyclic) bond motifs is 4. The van der Waals surface area contributed by atoms with Crippen LogP contribution in [-0.2, 0) is 47.8 Å². The van der Waals surface area contributed by atoms with Crippen molar-refractivity contribution in [3.05, 3.63) is 204 Å². The molecule has 114 heavy (non-hydrogen) atoms. The molecule has 3 saturated heterocycles. The molecule has 612 valence electrons. The van der Waals surface area contributed by atoms with Gasteiger partial charge in [0, 0.05) is 111 Å². The van der Waals surface area contributed by atoms with Crippen molar-refractivity contribution in [2.45, 2.75) is 159 Å². The van der Waals surface area contributed by atoms with Crippen LogP contribution in [0.1, 0.15) is 112 Å². The molecule has 24 nitrogen and oxygen atoms in total. The molecule has 0 unspecified atom stereocenters. The predicted octanol–water partition coefficient (Wildman–Crippen LogP) is 10.2. The Labute approximate surface area is 664 Å². The molecule has 5 aliphatic heterocycles. The van der Waals surface area contributed by atoms with Crippen molar-refractivity contribution >= 4 is 36.0 Å². The van der Waals surface area contributed by atoms with E-state index in [2.05, 4.69) is 30.6 Å². The summed E-state index contributed by atoms with van der Waals surface area (Å²) in [5.74, 6) is -0.697. The Kier molecular flexibility index (Phi) is 27.2. The average molecular weight is 1610 g/mol. The zero-order valence-corrected chi connectivity index (χ0v) is 65.6. The van der Waals surface area contributed by atoms with Crippen LogP contribution in [0.4, 0.5) is 26.3 Å². The fraction of sp³-hybridized carbons (Fsp3) is 0.470. The van der Waals surface area contributed by atoms with Crippen molar-refractivity contribution in [3.8, 4) is 34.1 Å². The van der Waals surface area contributed by atoms with E-state index in [4.69, 9.17) is 23.0 Å². The maximum atomic E-state index is 14.9. The van der Waals surface area contributed by atoms with Crippen LogP contribution in [0, 0.1) is 25.7 Å². The Bertz CT molecular complexity index is 4580. The Morgan fingerprint density at radius 3 is 1.50 bits per heavy atom. The summed E-state index contributed by atoms with van der Waals surface area (Å²) < 4.78 is 110. The first-order valence-electron chi connectivity index (χ1n) is 38.0. The fourth-order valence-electron chi connectivity index (χ4n) is 15.8. The van der Waals surface area contributed by atoms with Gasteiger partial charge in [0.1, 0.15) is 67.8 Å². The number of amides is 4. The summed E-state index contributed by atoms with van der Waals surface area (Å²) in [5.41, 5.74) is 3.91. The first-order chi connectivity index (χ1) is 53.7. The number of carbonyl (C=O) groups is 4. The van der Waals surface area contributed by atoms with E-state index in [1.807, 2.05) is 168 Å². The summed E-state index contributed by atoms with van der Waals surface area (Å²) in [6.07, 6.45) is -2.27. The van der Waals surface area contributed by atoms with Crippen LogP contribution in [0.25, 0.3) is 22.6 Å². The number of pyridine rings is 2. The molecule has 0 bridgehead atoms. The smallest absolute Gasteiger partial charge is 0.405 e. The molecule has 9 heterocycles. The molecule has 8 aromatic rings. The van der Waals surface area contributed by atoms with Crippen molar-refractivity contribution in [3.63, 3.8) is 0 Å². The lowest BCUT2D eigenvalue weighted by molar-refractivity contribution is -0.153. The first kappa shape index (κ1) is 85.5. The van der Waals surface area contributed by atoms with Crippen LogP contribution < -0.4 is 25.4 Å². The normalized spacial score (nSPS) is 21.1. The number of aliphatic hydroxyl groups is 3. The zero-order valence-electron chi connectivity index (χ0n) is 64.8. The van der Waals surface area contributed by atoms with Gasteiger partial charge in [0.2, 0.25) is 35.4 Å². The lowest BCUT2D eigenvalue weighted by atomic mass is 9.89. The number of rotatable bonds is 25. The zero-order chi connectivity index (χ0) is 80.7. The Hall–Kier alpha value is -9.37. The largest absolute Gasteiger partial charge is 0.490 e. The Morgan fingerprint density at radius 2 is 1.02 bits per heavy atom. The number of hydrogen-bond acceptors (Lipinski definition) is 20. The standard InChI is InChI=1S/C43H51F3N6O6.C40H47F3N6O6.ClH/c1-27-17-30(21-47-20-27)35-22-48-40(57-35)41(2,3)51-16-15-50(33(24-51)38(54)49-26-43(44,45)46)23-31(53)19-29(18-28-11-7-6-8-12-28)39(55)52-37-32-13-9-10-14-34(32)56-25-36(37)58-42(52,4)5;1-25-15-28(19-44-18-25)34-20-45-38(55-34)39(2,3)49-14-13-48(31(22-49)37(53)46-24-40(41,42)43)21-29(50)17-27(16-26-9-5-4-6-10-26)36(52)47-35-30-11-7-8-12-33(30)54-23-32(35)51;/h6-14,17,20-22,29,31,33,36-37,53H,15-16,18-19,23-26H2,1-5H3,(H,49,54);4-12,15,18-20,27,29,31-32,35,50-51H,13-14,16-17,21-24H2,1-3H3,(H,46,53)(H,47,52);1H/t29-,31+,33+,36-,37+;27-,29+,31+,32-,35+;/m11./s1. The van der Waals surface area contributed by atoms with E-state index in [1.165, 1.54) is 0 Å². The number of carbonyl (C=O) groups excluding carboxylic acids is 4. The number of piperazine rings is 2. The second-order valence-electron chi connectivity index (χ2n) is 31.3. The maximum absolute atomic E-state index is 14.9. The average Bonchev–Trinajstić information content (AvgIpc) is 1.58. The lowest BCUT2D eigenvalue weighted by Gasteiger charge is -2.46. The molecule has 4 amide bonds. The van der Waals surface area contributed by atoms with Crippen LogP contribution in [0.3, 0.4) is 0 Å². The van der Waals surface area contributed by atoms with E-state index < -0.39 is 114 Å². The number of aliphatic hydroxyl groups excluding tert-OH is 3. The molecule has 5 aliphatic rings. The highest BCUT2D eigenvalue weighted by Gasteiger charge is 2.55. The van der Waals surface area contributed by atoms with Crippen LogP contribution in [0.2, 0.25) is 0 Å². The van der Waals surface area contributed by atoms with Crippen molar-refractivity contribution < 1.29 is 83.9 Å². The van der Waals surface area contributed by atoms with Crippen molar-refractivity contribution in [2.24, 2.45) is 11.8 Å². The lowest BCUT2D eigenvalue weighted by Crippen LogP contribution is -2.63. The summed E-state index contributed by atoms with van der Waals surface area (Å²) in [7, 11) is 0. The van der Waals surface area contributed by atoms with Crippen LogP contribution in [-0.4, -0.2) is 217 Å². The maximum Gasteiger partial charge on any atom is 0.405 e. The molecule has 4 aromatic heterocycles. The Balaban J connectivity index is 0.000000223. The Morgan fingerprint density at radius 1 is 0.579 bits per heavy atom. The molecule has 6 N–H and O–H groups in total. The summed E-state index contributed by atoms with van der Waals surface area (Å²) in [6.45, 7) is 13.5. The number of aromatic nitrogens is 4. The minimum Gasteiger partial charge on any atom is -0.490 e. The third kappa shape index (κ3) is 20.8. The minimum atomic E-state index is -4.62. The third-order valence-electron chi connectivity index (χ3n) is 21.7. The van der Waals surface area contributed by atoms with Crippen molar-refractivity contribution in [1.82, 2.24) is 60.4 Å². The topological polar surface area (TPSA) is 287 Å². The SMILES string of the molecule is Cc1cncc(-c2cnc(C(C)(C)N3CCN(C[C@@H](O)C[C@@H](Cc4ccccc4)C(=O)N4[C@H]5c6ccccc6OC[C@H]5OC4(C)C)[C@H](C(=O)NCC(F)(F)F)C3)o2)c1.Cc1cncc(-c2cnc(C(C)(C)N3CCN(C[C@@H](O)C[C@@H](Cc4ccccc4)C(=O)N[C@H]4c5ccccc5OC[C@H]4O)[C@H](C(=O)NCC(F)(F)F)C3)o2)c1.Cl. The van der Waals surface area contributed by atoms with E-state index >= 15 is 0 Å². The number of alkyl halides is 6. The third-order valence-corrected chi connectivity index (χ3v) is 21.7. The number of nitrogens with one attached hydrogen (secondary N) is 3. The van der Waals surface area contributed by atoms with Crippen LogP contribution in [0.15, 0.2) is 167 Å². The second-order valence-corrected chi connectivity index (χ2v) is 31.3. The monoisotopic (exact) mass is 1600 g/mol. The number of para-hydroxylation sites is 2. The summed E-state index contributed by atoms with van der Waals surface area (Å²) >= 11 is 0. The highest BCUT2D eigenvalue weighted by molar-refractivity contribution is 5.85.